The van der Waals surface area contributed by atoms with Gasteiger partial charge >= 0.3 is 0 Å². The monoisotopic (exact) mass is 342 g/mol. The summed E-state index contributed by atoms with van der Waals surface area (Å²) in [4.78, 5) is 12.2. The van der Waals surface area contributed by atoms with E-state index in [0.717, 1.165) is 12.0 Å². The van der Waals surface area contributed by atoms with Crippen molar-refractivity contribution in [2.75, 3.05) is 6.61 Å². The molecule has 0 atom stereocenters. The zero-order valence-electron chi connectivity index (χ0n) is 14.0. The van der Waals surface area contributed by atoms with Gasteiger partial charge in [-0.15, -0.1) is 0 Å². The molecule has 126 valence electrons. The summed E-state index contributed by atoms with van der Waals surface area (Å²) in [6.07, 6.45) is 0.920. The summed E-state index contributed by atoms with van der Waals surface area (Å²) in [7, 11) is 0. The molecule has 2 aromatic carbocycles. The Hall–Kier alpha value is -2.40. The zero-order chi connectivity index (χ0) is 17.4. The summed E-state index contributed by atoms with van der Waals surface area (Å²) < 4.78 is 5.54. The van der Waals surface area contributed by atoms with Gasteiger partial charge in [0.15, 0.2) is 5.11 Å². The van der Waals surface area contributed by atoms with Crippen LogP contribution in [0.4, 0.5) is 0 Å². The lowest BCUT2D eigenvalue weighted by Crippen LogP contribution is -2.38. The highest BCUT2D eigenvalue weighted by Crippen LogP contribution is 2.13. The van der Waals surface area contributed by atoms with Crippen LogP contribution in [0.2, 0.25) is 0 Å². The van der Waals surface area contributed by atoms with Crippen LogP contribution in [0.1, 0.15) is 34.8 Å². The molecule has 2 aromatic rings. The highest BCUT2D eigenvalue weighted by Gasteiger charge is 2.08. The fourth-order valence-corrected chi connectivity index (χ4v) is 2.22. The van der Waals surface area contributed by atoms with Crippen molar-refractivity contribution in [3.63, 3.8) is 0 Å². The number of hydrogen-bond acceptors (Lipinski definition) is 3. The Kier molecular flexibility index (Phi) is 6.75. The zero-order valence-corrected chi connectivity index (χ0v) is 14.8. The number of benzene rings is 2. The lowest BCUT2D eigenvalue weighted by atomic mass is 10.1. The van der Waals surface area contributed by atoms with Crippen molar-refractivity contribution in [1.29, 1.82) is 0 Å². The van der Waals surface area contributed by atoms with E-state index < -0.39 is 0 Å². The maximum Gasteiger partial charge on any atom is 0.257 e. The first-order chi connectivity index (χ1) is 11.6. The third-order valence-electron chi connectivity index (χ3n) is 3.37. The molecule has 0 heterocycles. The first kappa shape index (κ1) is 17.9. The molecule has 0 saturated heterocycles. The fourth-order valence-electron chi connectivity index (χ4n) is 2.05. The number of amides is 1. The Morgan fingerprint density at radius 1 is 1.17 bits per heavy atom. The summed E-state index contributed by atoms with van der Waals surface area (Å²) in [6, 6.07) is 15.2. The first-order valence-corrected chi connectivity index (χ1v) is 8.37. The molecule has 0 radical (unpaired) electrons. The second kappa shape index (κ2) is 9.03. The molecule has 0 aliphatic rings. The van der Waals surface area contributed by atoms with Gasteiger partial charge < -0.3 is 10.1 Å². The number of ether oxygens (including phenoxy) is 1. The third-order valence-corrected chi connectivity index (χ3v) is 3.62. The molecule has 0 bridgehead atoms. The molecule has 2 N–H and O–H groups in total. The van der Waals surface area contributed by atoms with Gasteiger partial charge in [-0.05, 0) is 49.3 Å². The van der Waals surface area contributed by atoms with Crippen LogP contribution in [0.5, 0.6) is 5.75 Å². The summed E-state index contributed by atoms with van der Waals surface area (Å²) in [5.74, 6) is 0.432. The van der Waals surface area contributed by atoms with E-state index >= 15 is 0 Å². The Morgan fingerprint density at radius 2 is 1.92 bits per heavy atom. The van der Waals surface area contributed by atoms with Gasteiger partial charge in [0.1, 0.15) is 5.75 Å². The summed E-state index contributed by atoms with van der Waals surface area (Å²) >= 11 is 5.18. The Morgan fingerprint density at radius 3 is 2.62 bits per heavy atom. The number of thiocarbonyl (C=S) groups is 1. The number of aryl methyl sites for hydroxylation is 1. The predicted octanol–water partition coefficient (Wildman–Crippen LogP) is 3.59. The van der Waals surface area contributed by atoms with Gasteiger partial charge in [-0.2, -0.15) is 0 Å². The lowest BCUT2D eigenvalue weighted by molar-refractivity contribution is 0.0976. The van der Waals surface area contributed by atoms with Crippen LogP contribution < -0.4 is 15.4 Å². The standard InChI is InChI=1S/C19H22N2O2S/c1-3-11-23-17-6-4-5-16(12-17)18(22)21-19(24)20-13-15-9-7-14(2)8-10-15/h4-10,12H,3,11,13H2,1-2H3,(H2,20,21,22,24). The summed E-state index contributed by atoms with van der Waals surface area (Å²) in [5.41, 5.74) is 2.83. The topological polar surface area (TPSA) is 50.4 Å². The molecule has 0 aliphatic carbocycles. The molecule has 0 aliphatic heterocycles. The lowest BCUT2D eigenvalue weighted by Gasteiger charge is -2.11. The molecule has 5 heteroatoms. The highest BCUT2D eigenvalue weighted by molar-refractivity contribution is 7.80. The quantitative estimate of drug-likeness (QED) is 0.788. The Balaban J connectivity index is 1.86. The molecule has 0 unspecified atom stereocenters. The van der Waals surface area contributed by atoms with Crippen LogP contribution >= 0.6 is 12.2 Å². The van der Waals surface area contributed by atoms with Gasteiger partial charge in [0.2, 0.25) is 0 Å². The van der Waals surface area contributed by atoms with Crippen molar-refractivity contribution >= 4 is 23.2 Å². The van der Waals surface area contributed by atoms with Gasteiger partial charge in [-0.3, -0.25) is 10.1 Å². The van der Waals surface area contributed by atoms with Crippen molar-refractivity contribution in [3.05, 3.63) is 65.2 Å². The number of rotatable bonds is 6. The van der Waals surface area contributed by atoms with Gasteiger partial charge in [-0.25, -0.2) is 0 Å². The molecule has 0 saturated carbocycles. The van der Waals surface area contributed by atoms with Gasteiger partial charge in [-0.1, -0.05) is 42.8 Å². The van der Waals surface area contributed by atoms with E-state index in [9.17, 15) is 4.79 Å². The van der Waals surface area contributed by atoms with Crippen molar-refractivity contribution < 1.29 is 9.53 Å². The molecule has 24 heavy (non-hydrogen) atoms. The maximum absolute atomic E-state index is 12.2. The van der Waals surface area contributed by atoms with E-state index in [1.54, 1.807) is 18.2 Å². The first-order valence-electron chi connectivity index (χ1n) is 7.96. The molecule has 1 amide bonds. The van der Waals surface area contributed by atoms with Crippen molar-refractivity contribution in [3.8, 4) is 5.75 Å². The maximum atomic E-state index is 12.2. The third kappa shape index (κ3) is 5.66. The number of carbonyl (C=O) groups is 1. The van der Waals surface area contributed by atoms with E-state index in [2.05, 4.69) is 10.6 Å². The van der Waals surface area contributed by atoms with Crippen LogP contribution in [0, 0.1) is 6.92 Å². The largest absolute Gasteiger partial charge is 0.494 e. The molecule has 2 rings (SSSR count). The minimum atomic E-state index is -0.252. The normalized spacial score (nSPS) is 10.1. The van der Waals surface area contributed by atoms with E-state index in [1.165, 1.54) is 5.56 Å². The minimum absolute atomic E-state index is 0.252. The summed E-state index contributed by atoms with van der Waals surface area (Å²) in [5, 5.41) is 6.03. The molecular weight excluding hydrogens is 320 g/mol. The average molecular weight is 342 g/mol. The van der Waals surface area contributed by atoms with E-state index in [1.807, 2.05) is 44.2 Å². The van der Waals surface area contributed by atoms with Gasteiger partial charge in [0, 0.05) is 12.1 Å². The van der Waals surface area contributed by atoms with E-state index in [-0.39, 0.29) is 5.91 Å². The average Bonchev–Trinajstić information content (AvgIpc) is 2.59. The van der Waals surface area contributed by atoms with Crippen LogP contribution in [0.25, 0.3) is 0 Å². The van der Waals surface area contributed by atoms with Crippen molar-refractivity contribution in [2.24, 2.45) is 0 Å². The van der Waals surface area contributed by atoms with E-state index in [4.69, 9.17) is 17.0 Å². The molecule has 4 nitrogen and oxygen atoms in total. The van der Waals surface area contributed by atoms with Crippen molar-refractivity contribution in [2.45, 2.75) is 26.8 Å². The molecule has 0 spiro atoms. The minimum Gasteiger partial charge on any atom is -0.494 e. The predicted molar refractivity (Wildman–Crippen MR) is 100 cm³/mol. The van der Waals surface area contributed by atoms with Gasteiger partial charge in [0.25, 0.3) is 5.91 Å². The van der Waals surface area contributed by atoms with E-state index in [0.29, 0.717) is 29.6 Å². The number of nitrogens with one attached hydrogen (secondary N) is 2. The van der Waals surface area contributed by atoms with Crippen molar-refractivity contribution in [1.82, 2.24) is 10.6 Å². The number of hydrogen-bond donors (Lipinski definition) is 2. The molecule has 0 fully saturated rings. The van der Waals surface area contributed by atoms with Gasteiger partial charge in [0.05, 0.1) is 6.61 Å². The smallest absolute Gasteiger partial charge is 0.257 e. The van der Waals surface area contributed by atoms with Crippen LogP contribution in [-0.2, 0) is 6.54 Å². The van der Waals surface area contributed by atoms with Crippen LogP contribution in [0.15, 0.2) is 48.5 Å². The fraction of sp³-hybridized carbons (Fsp3) is 0.263. The Labute approximate surface area is 148 Å². The second-order valence-electron chi connectivity index (χ2n) is 5.50. The van der Waals surface area contributed by atoms with Crippen LogP contribution in [-0.4, -0.2) is 17.6 Å². The second-order valence-corrected chi connectivity index (χ2v) is 5.91. The summed E-state index contributed by atoms with van der Waals surface area (Å²) in [6.45, 7) is 5.27. The molecule has 0 aromatic heterocycles. The van der Waals surface area contributed by atoms with Crippen LogP contribution in [0.3, 0.4) is 0 Å². The number of carbonyl (C=O) groups excluding carboxylic acids is 1. The molecular formula is C19H22N2O2S. The highest BCUT2D eigenvalue weighted by atomic mass is 32.1. The SMILES string of the molecule is CCCOc1cccc(C(=O)NC(=S)NCc2ccc(C)cc2)c1. The Bertz CT molecular complexity index is 699.